The van der Waals surface area contributed by atoms with Crippen LogP contribution < -0.4 is 5.73 Å². The zero-order valence-corrected chi connectivity index (χ0v) is 26.7. The molecule has 1 heterocycles. The molecule has 0 radical (unpaired) electrons. The number of rotatable bonds is 9. The average molecular weight is 656 g/mol. The van der Waals surface area contributed by atoms with E-state index in [0.29, 0.717) is 29.1 Å². The molecule has 1 saturated heterocycles. The first-order chi connectivity index (χ1) is 21.9. The summed E-state index contributed by atoms with van der Waals surface area (Å²) in [4.78, 5) is 25.6. The van der Waals surface area contributed by atoms with Crippen LogP contribution in [0.25, 0.3) is 0 Å². The standard InChI is InChI=1S/C36H40ClF2NO6/c1-3-4-30(43)36(39)25(17-28(38)26-16-24(42)11-12-34(26,36)2)23-15-32-35(18-23,31(44)19-41)46-33(45-32)22-8-5-20(6-9-22)13-21-7-10-27(37)29(40)14-21/h5-12,14,16,23,25,28,30,32-33,41,43H,3-4,13,15,17-19,40H2,1-2H3/t23-,25+,28+,30+,32-,33+,34+,35-,36+/m1/s1. The third kappa shape index (κ3) is 5.24. The van der Waals surface area contributed by atoms with E-state index in [1.54, 1.807) is 13.0 Å². The van der Waals surface area contributed by atoms with E-state index in [2.05, 4.69) is 0 Å². The maximum absolute atomic E-state index is 17.8. The van der Waals surface area contributed by atoms with Gasteiger partial charge in [-0.3, -0.25) is 9.59 Å². The molecule has 2 aromatic rings. The Morgan fingerprint density at radius 2 is 1.89 bits per heavy atom. The van der Waals surface area contributed by atoms with E-state index in [4.69, 9.17) is 26.8 Å². The highest BCUT2D eigenvalue weighted by atomic mass is 35.5. The predicted molar refractivity (Wildman–Crippen MR) is 169 cm³/mol. The number of Topliss-reactive ketones (excluding diaryl/α,β-unsaturated/α-hetero) is 1. The number of ether oxygens (including phenoxy) is 2. The van der Waals surface area contributed by atoms with Crippen LogP contribution >= 0.6 is 11.6 Å². The second-order valence-electron chi connectivity index (χ2n) is 13.4. The Morgan fingerprint density at radius 1 is 1.17 bits per heavy atom. The van der Waals surface area contributed by atoms with Crippen molar-refractivity contribution in [2.24, 2.45) is 17.3 Å². The number of hydrogen-bond donors (Lipinski definition) is 3. The fourth-order valence-corrected chi connectivity index (χ4v) is 8.50. The maximum atomic E-state index is 17.8. The highest BCUT2D eigenvalue weighted by Crippen LogP contribution is 2.63. The molecule has 0 amide bonds. The number of nitrogen functional groups attached to an aromatic ring is 1. The Kier molecular flexibility index (Phi) is 8.78. The summed E-state index contributed by atoms with van der Waals surface area (Å²) in [6.45, 7) is 2.57. The first-order valence-electron chi connectivity index (χ1n) is 15.9. The number of aliphatic hydroxyl groups excluding tert-OH is 2. The van der Waals surface area contributed by atoms with Crippen molar-refractivity contribution in [2.45, 2.75) is 88.3 Å². The maximum Gasteiger partial charge on any atom is 0.192 e. The van der Waals surface area contributed by atoms with E-state index in [0.717, 1.165) is 17.2 Å². The Hall–Kier alpha value is -2.95. The van der Waals surface area contributed by atoms with E-state index >= 15 is 8.78 Å². The Bertz CT molecular complexity index is 1580. The lowest BCUT2D eigenvalue weighted by Gasteiger charge is -2.56. The number of carbonyl (C=O) groups is 2. The summed E-state index contributed by atoms with van der Waals surface area (Å²) in [5.74, 6) is -2.61. The topological polar surface area (TPSA) is 119 Å². The van der Waals surface area contributed by atoms with Crippen molar-refractivity contribution in [3.63, 3.8) is 0 Å². The number of nitrogens with two attached hydrogens (primary N) is 1. The highest BCUT2D eigenvalue weighted by molar-refractivity contribution is 6.33. The fourth-order valence-electron chi connectivity index (χ4n) is 8.38. The summed E-state index contributed by atoms with van der Waals surface area (Å²) in [6, 6.07) is 13.0. The van der Waals surface area contributed by atoms with Crippen LogP contribution in [0.3, 0.4) is 0 Å². The first kappa shape index (κ1) is 33.0. The van der Waals surface area contributed by atoms with Gasteiger partial charge in [0.25, 0.3) is 0 Å². The lowest BCUT2D eigenvalue weighted by molar-refractivity contribution is -0.162. The molecule has 0 spiro atoms. The van der Waals surface area contributed by atoms with Crippen LogP contribution in [0.2, 0.25) is 5.02 Å². The van der Waals surface area contributed by atoms with Gasteiger partial charge in [-0.15, -0.1) is 0 Å². The van der Waals surface area contributed by atoms with Crippen LogP contribution in [0.15, 0.2) is 66.3 Å². The molecule has 10 heteroatoms. The second kappa shape index (κ2) is 12.3. The number of ketones is 2. The van der Waals surface area contributed by atoms with Gasteiger partial charge >= 0.3 is 0 Å². The summed E-state index contributed by atoms with van der Waals surface area (Å²) < 4.78 is 46.3. The predicted octanol–water partition coefficient (Wildman–Crippen LogP) is 5.94. The van der Waals surface area contributed by atoms with Crippen LogP contribution in [-0.2, 0) is 25.5 Å². The van der Waals surface area contributed by atoms with Crippen molar-refractivity contribution in [1.29, 1.82) is 0 Å². The monoisotopic (exact) mass is 655 g/mol. The third-order valence-electron chi connectivity index (χ3n) is 10.8. The summed E-state index contributed by atoms with van der Waals surface area (Å²) in [7, 11) is 0. The number of aliphatic hydroxyl groups is 2. The minimum Gasteiger partial charge on any atom is -0.398 e. The van der Waals surface area contributed by atoms with Crippen LogP contribution in [-0.4, -0.2) is 58.0 Å². The molecule has 6 rings (SSSR count). The van der Waals surface area contributed by atoms with Gasteiger partial charge in [0.15, 0.2) is 29.1 Å². The number of carbonyl (C=O) groups excluding carboxylic acids is 2. The van der Waals surface area contributed by atoms with Gasteiger partial charge in [0.1, 0.15) is 12.8 Å². The fraction of sp³-hybridized carbons (Fsp3) is 0.500. The van der Waals surface area contributed by atoms with Gasteiger partial charge in [-0.1, -0.05) is 61.4 Å². The van der Waals surface area contributed by atoms with Gasteiger partial charge < -0.3 is 25.4 Å². The SMILES string of the molecule is CCC[C@H](O)[C@@]1(F)[C@H]([C@@H]2C[C@H]3O[C@H](c4ccc(Cc5ccc(Cl)c(N)c5)cc4)O[C@@]3(C(=O)CO)C2)C[C@H](F)C2=CC(=O)C=C[C@@]21C. The molecule has 246 valence electrons. The van der Waals surface area contributed by atoms with E-state index in [1.165, 1.54) is 12.2 Å². The second-order valence-corrected chi connectivity index (χ2v) is 13.8. The number of benzene rings is 2. The van der Waals surface area contributed by atoms with Crippen molar-refractivity contribution in [3.05, 3.63) is 88.0 Å². The molecule has 2 saturated carbocycles. The molecule has 0 aromatic heterocycles. The molecule has 2 aromatic carbocycles. The molecule has 9 atom stereocenters. The Labute approximate surface area is 272 Å². The average Bonchev–Trinajstić information content (AvgIpc) is 3.58. The minimum absolute atomic E-state index is 0.00328. The zero-order valence-electron chi connectivity index (χ0n) is 25.9. The summed E-state index contributed by atoms with van der Waals surface area (Å²) in [5, 5.41) is 21.8. The lowest BCUT2D eigenvalue weighted by atomic mass is 9.51. The molecular formula is C36H40ClF2NO6. The molecule has 3 aliphatic carbocycles. The van der Waals surface area contributed by atoms with Gasteiger partial charge in [-0.05, 0) is 85.9 Å². The largest absolute Gasteiger partial charge is 0.398 e. The molecule has 1 aliphatic heterocycles. The number of allylic oxidation sites excluding steroid dienone is 4. The van der Waals surface area contributed by atoms with Crippen LogP contribution in [0.4, 0.5) is 14.5 Å². The van der Waals surface area contributed by atoms with Crippen molar-refractivity contribution in [1.82, 2.24) is 0 Å². The molecule has 0 unspecified atom stereocenters. The van der Waals surface area contributed by atoms with Crippen molar-refractivity contribution < 1.29 is 38.1 Å². The van der Waals surface area contributed by atoms with Crippen molar-refractivity contribution in [3.8, 4) is 0 Å². The van der Waals surface area contributed by atoms with Crippen molar-refractivity contribution in [2.75, 3.05) is 12.3 Å². The lowest BCUT2D eigenvalue weighted by Crippen LogP contribution is -2.63. The van der Waals surface area contributed by atoms with Gasteiger partial charge in [0, 0.05) is 16.9 Å². The van der Waals surface area contributed by atoms with Crippen LogP contribution in [0, 0.1) is 17.3 Å². The normalized spacial score (nSPS) is 35.8. The van der Waals surface area contributed by atoms with E-state index in [-0.39, 0.29) is 31.3 Å². The molecule has 7 nitrogen and oxygen atoms in total. The smallest absolute Gasteiger partial charge is 0.192 e. The van der Waals surface area contributed by atoms with E-state index < -0.39 is 71.4 Å². The van der Waals surface area contributed by atoms with Gasteiger partial charge in [0.2, 0.25) is 0 Å². The molecule has 46 heavy (non-hydrogen) atoms. The summed E-state index contributed by atoms with van der Waals surface area (Å²) in [5.41, 5.74) is 3.71. The summed E-state index contributed by atoms with van der Waals surface area (Å²) >= 11 is 6.04. The van der Waals surface area contributed by atoms with Crippen LogP contribution in [0.5, 0.6) is 0 Å². The Balaban J connectivity index is 1.26. The molecule has 4 aliphatic rings. The van der Waals surface area contributed by atoms with Gasteiger partial charge in [-0.25, -0.2) is 8.78 Å². The van der Waals surface area contributed by atoms with Gasteiger partial charge in [0.05, 0.1) is 22.9 Å². The zero-order chi connectivity index (χ0) is 33.0. The quantitative estimate of drug-likeness (QED) is 0.286. The van der Waals surface area contributed by atoms with Crippen molar-refractivity contribution >= 4 is 28.9 Å². The molecular weight excluding hydrogens is 616 g/mol. The highest BCUT2D eigenvalue weighted by Gasteiger charge is 2.69. The summed E-state index contributed by atoms with van der Waals surface area (Å²) in [6.07, 6.45) is 0.204. The minimum atomic E-state index is -2.33. The van der Waals surface area contributed by atoms with Gasteiger partial charge in [-0.2, -0.15) is 0 Å². The number of halogens is 3. The number of anilines is 1. The number of hydrogen-bond acceptors (Lipinski definition) is 7. The molecule has 3 fully saturated rings. The number of fused-ring (bicyclic) bond motifs is 2. The number of alkyl halides is 2. The molecule has 4 N–H and O–H groups in total. The Morgan fingerprint density at radius 3 is 2.57 bits per heavy atom. The van der Waals surface area contributed by atoms with E-state index in [1.807, 2.05) is 43.3 Å². The van der Waals surface area contributed by atoms with Crippen LogP contribution in [0.1, 0.15) is 68.9 Å². The first-order valence-corrected chi connectivity index (χ1v) is 16.3. The van der Waals surface area contributed by atoms with E-state index in [9.17, 15) is 19.8 Å². The molecule has 0 bridgehead atoms. The third-order valence-corrected chi connectivity index (χ3v) is 11.1.